The van der Waals surface area contributed by atoms with Gasteiger partial charge in [0, 0.05) is 11.6 Å². The van der Waals surface area contributed by atoms with Crippen LogP contribution in [0, 0.1) is 0 Å². The molecule has 1 aliphatic rings. The average Bonchev–Trinajstić information content (AvgIpc) is 3.11. The zero-order valence-corrected chi connectivity index (χ0v) is 13.2. The molecular formula is C19H16N2O3. The molecule has 2 aromatic carbocycles. The first-order valence-corrected chi connectivity index (χ1v) is 7.82. The van der Waals surface area contributed by atoms with Gasteiger partial charge in [-0.1, -0.05) is 47.6 Å². The first kappa shape index (κ1) is 14.5. The molecule has 2 heterocycles. The maximum atomic E-state index is 12.9. The lowest BCUT2D eigenvalue weighted by Gasteiger charge is -2.32. The zero-order chi connectivity index (χ0) is 16.5. The third-order valence-electron chi connectivity index (χ3n) is 3.96. The molecule has 1 aromatic heterocycles. The predicted octanol–water partition coefficient (Wildman–Crippen LogP) is 3.77. The number of para-hydroxylation sites is 2. The van der Waals surface area contributed by atoms with Crippen LogP contribution in [-0.2, 0) is 0 Å². The van der Waals surface area contributed by atoms with Crippen molar-refractivity contribution in [1.82, 2.24) is 5.16 Å². The number of ether oxygens (including phenoxy) is 1. The lowest BCUT2D eigenvalue weighted by molar-refractivity contribution is 0.0952. The Morgan fingerprint density at radius 2 is 1.88 bits per heavy atom. The summed E-state index contributed by atoms with van der Waals surface area (Å²) in [5, 5.41) is 3.96. The number of nitrogens with zero attached hydrogens (tertiary/aromatic N) is 2. The highest BCUT2D eigenvalue weighted by atomic mass is 16.5. The summed E-state index contributed by atoms with van der Waals surface area (Å²) < 4.78 is 11.1. The molecule has 0 saturated heterocycles. The number of aromatic nitrogens is 1. The van der Waals surface area contributed by atoms with E-state index in [0.717, 1.165) is 11.3 Å². The molecule has 24 heavy (non-hydrogen) atoms. The van der Waals surface area contributed by atoms with Crippen molar-refractivity contribution in [2.75, 3.05) is 11.4 Å². The van der Waals surface area contributed by atoms with Gasteiger partial charge in [0.2, 0.25) is 0 Å². The number of amides is 1. The number of benzene rings is 2. The van der Waals surface area contributed by atoms with E-state index in [4.69, 9.17) is 9.26 Å². The summed E-state index contributed by atoms with van der Waals surface area (Å²) in [5.41, 5.74) is 1.93. The number of rotatable bonds is 2. The van der Waals surface area contributed by atoms with Gasteiger partial charge in [0.1, 0.15) is 11.9 Å². The molecule has 4 rings (SSSR count). The van der Waals surface area contributed by atoms with Crippen molar-refractivity contribution in [3.63, 3.8) is 0 Å². The fourth-order valence-electron chi connectivity index (χ4n) is 2.83. The van der Waals surface area contributed by atoms with Crippen LogP contribution in [0.15, 0.2) is 65.2 Å². The Kier molecular flexibility index (Phi) is 3.54. The van der Waals surface area contributed by atoms with Crippen molar-refractivity contribution < 1.29 is 14.1 Å². The normalized spacial score (nSPS) is 16.4. The minimum absolute atomic E-state index is 0.0793. The van der Waals surface area contributed by atoms with Crippen molar-refractivity contribution in [3.8, 4) is 17.1 Å². The molecule has 0 saturated carbocycles. The van der Waals surface area contributed by atoms with Gasteiger partial charge in [-0.15, -0.1) is 0 Å². The highest BCUT2D eigenvalue weighted by Gasteiger charge is 2.29. The Morgan fingerprint density at radius 3 is 2.71 bits per heavy atom. The van der Waals surface area contributed by atoms with E-state index in [9.17, 15) is 4.79 Å². The van der Waals surface area contributed by atoms with Crippen LogP contribution in [0.4, 0.5) is 5.69 Å². The van der Waals surface area contributed by atoms with E-state index in [2.05, 4.69) is 5.16 Å². The minimum atomic E-state index is -0.191. The summed E-state index contributed by atoms with van der Waals surface area (Å²) in [6.07, 6.45) is -0.0793. The summed E-state index contributed by atoms with van der Waals surface area (Å²) in [7, 11) is 0. The SMILES string of the molecule is C[C@@H]1CN(C(=O)c2cc(-c3ccccc3)on2)c2ccccc2O1. The molecule has 0 radical (unpaired) electrons. The molecule has 0 spiro atoms. The third kappa shape index (κ3) is 2.54. The number of anilines is 1. The summed E-state index contributed by atoms with van der Waals surface area (Å²) in [6, 6.07) is 18.8. The van der Waals surface area contributed by atoms with Gasteiger partial charge in [-0.05, 0) is 19.1 Å². The van der Waals surface area contributed by atoms with Crippen LogP contribution in [-0.4, -0.2) is 23.7 Å². The van der Waals surface area contributed by atoms with Crippen molar-refractivity contribution in [2.24, 2.45) is 0 Å². The quantitative estimate of drug-likeness (QED) is 0.721. The van der Waals surface area contributed by atoms with Crippen molar-refractivity contribution in [2.45, 2.75) is 13.0 Å². The Bertz CT molecular complexity index is 873. The number of hydrogen-bond acceptors (Lipinski definition) is 4. The lowest BCUT2D eigenvalue weighted by atomic mass is 10.1. The molecule has 120 valence electrons. The van der Waals surface area contributed by atoms with Gasteiger partial charge in [0.05, 0.1) is 12.2 Å². The second-order valence-corrected chi connectivity index (χ2v) is 5.75. The summed E-state index contributed by atoms with van der Waals surface area (Å²) in [4.78, 5) is 14.6. The number of carbonyl (C=O) groups excluding carboxylic acids is 1. The standard InChI is InChI=1S/C19H16N2O3/c1-13-12-21(16-9-5-6-10-17(16)23-13)19(22)15-11-18(24-20-15)14-7-3-2-4-8-14/h2-11,13H,12H2,1H3/t13-/m1/s1. The Morgan fingerprint density at radius 1 is 1.12 bits per heavy atom. The van der Waals surface area contributed by atoms with E-state index in [0.29, 0.717) is 18.1 Å². The average molecular weight is 320 g/mol. The Balaban J connectivity index is 1.66. The van der Waals surface area contributed by atoms with E-state index < -0.39 is 0 Å². The maximum Gasteiger partial charge on any atom is 0.280 e. The monoisotopic (exact) mass is 320 g/mol. The minimum Gasteiger partial charge on any atom is -0.487 e. The van der Waals surface area contributed by atoms with E-state index in [1.807, 2.05) is 61.5 Å². The van der Waals surface area contributed by atoms with Crippen molar-refractivity contribution in [1.29, 1.82) is 0 Å². The Labute approximate surface area is 139 Å². The van der Waals surface area contributed by atoms with E-state index in [1.165, 1.54) is 0 Å². The Hall–Kier alpha value is -3.08. The summed E-state index contributed by atoms with van der Waals surface area (Å²) >= 11 is 0. The van der Waals surface area contributed by atoms with Crippen LogP contribution in [0.25, 0.3) is 11.3 Å². The third-order valence-corrected chi connectivity index (χ3v) is 3.96. The zero-order valence-electron chi connectivity index (χ0n) is 13.2. The van der Waals surface area contributed by atoms with Crippen molar-refractivity contribution >= 4 is 11.6 Å². The second kappa shape index (κ2) is 5.85. The smallest absolute Gasteiger partial charge is 0.280 e. The van der Waals surface area contributed by atoms with Gasteiger partial charge < -0.3 is 9.26 Å². The highest BCUT2D eigenvalue weighted by Crippen LogP contribution is 2.34. The van der Waals surface area contributed by atoms with Crippen LogP contribution in [0.5, 0.6) is 5.75 Å². The largest absolute Gasteiger partial charge is 0.487 e. The van der Waals surface area contributed by atoms with E-state index >= 15 is 0 Å². The molecule has 1 aliphatic heterocycles. The molecule has 0 fully saturated rings. The summed E-state index contributed by atoms with van der Waals surface area (Å²) in [6.45, 7) is 2.41. The van der Waals surface area contributed by atoms with Gasteiger partial charge in [0.25, 0.3) is 5.91 Å². The molecule has 5 nitrogen and oxygen atoms in total. The van der Waals surface area contributed by atoms with Crippen molar-refractivity contribution in [3.05, 3.63) is 66.4 Å². The van der Waals surface area contributed by atoms with Gasteiger partial charge in [0.15, 0.2) is 11.5 Å². The first-order chi connectivity index (χ1) is 11.7. The molecule has 1 amide bonds. The molecule has 1 atom stereocenters. The topological polar surface area (TPSA) is 55.6 Å². The van der Waals surface area contributed by atoms with E-state index in [1.54, 1.807) is 11.0 Å². The second-order valence-electron chi connectivity index (χ2n) is 5.75. The van der Waals surface area contributed by atoms with Gasteiger partial charge in [-0.2, -0.15) is 0 Å². The maximum absolute atomic E-state index is 12.9. The molecule has 3 aromatic rings. The van der Waals surface area contributed by atoms with Gasteiger partial charge in [-0.3, -0.25) is 9.69 Å². The first-order valence-electron chi connectivity index (χ1n) is 7.82. The molecule has 0 bridgehead atoms. The molecule has 0 N–H and O–H groups in total. The van der Waals surface area contributed by atoms with E-state index in [-0.39, 0.29) is 17.7 Å². The van der Waals surface area contributed by atoms with Gasteiger partial charge in [-0.25, -0.2) is 0 Å². The molecular weight excluding hydrogens is 304 g/mol. The number of fused-ring (bicyclic) bond motifs is 1. The van der Waals surface area contributed by atoms with Gasteiger partial charge >= 0.3 is 0 Å². The van der Waals surface area contributed by atoms with Crippen LogP contribution in [0.1, 0.15) is 17.4 Å². The van der Waals surface area contributed by atoms with Crippen LogP contribution < -0.4 is 9.64 Å². The van der Waals surface area contributed by atoms with Crippen LogP contribution >= 0.6 is 0 Å². The number of hydrogen-bond donors (Lipinski definition) is 0. The fraction of sp³-hybridized carbons (Fsp3) is 0.158. The van der Waals surface area contributed by atoms with Crippen LogP contribution in [0.2, 0.25) is 0 Å². The highest BCUT2D eigenvalue weighted by molar-refractivity contribution is 6.06. The summed E-state index contributed by atoms with van der Waals surface area (Å²) in [5.74, 6) is 1.09. The van der Waals surface area contributed by atoms with Crippen LogP contribution in [0.3, 0.4) is 0 Å². The molecule has 0 unspecified atom stereocenters. The number of carbonyl (C=O) groups is 1. The molecule has 5 heteroatoms. The lowest BCUT2D eigenvalue weighted by Crippen LogP contribution is -2.42. The predicted molar refractivity (Wildman–Crippen MR) is 90.1 cm³/mol. The molecule has 0 aliphatic carbocycles. The fourth-order valence-corrected chi connectivity index (χ4v) is 2.83.